The molecule has 0 atom stereocenters. The third kappa shape index (κ3) is 7.09. The summed E-state index contributed by atoms with van der Waals surface area (Å²) in [6.07, 6.45) is 0.575. The van der Waals surface area contributed by atoms with Crippen molar-refractivity contribution in [2.75, 3.05) is 12.4 Å². The second-order valence-corrected chi connectivity index (χ2v) is 6.19. The molecular formula is C24H26ClNO3. The van der Waals surface area contributed by atoms with E-state index in [-0.39, 0.29) is 17.1 Å². The highest BCUT2D eigenvalue weighted by atomic mass is 35.5. The van der Waals surface area contributed by atoms with Crippen molar-refractivity contribution in [3.8, 4) is 16.9 Å². The number of hydrogen-bond donors (Lipinski definition) is 2. The fraction of sp³-hybridized carbons (Fsp3) is 0.167. The van der Waals surface area contributed by atoms with E-state index in [0.717, 1.165) is 22.4 Å². The number of Topliss-reactive ketones (excluding diaryl/α,β-unsaturated/α-hetero) is 1. The van der Waals surface area contributed by atoms with Crippen LogP contribution in [0.3, 0.4) is 0 Å². The summed E-state index contributed by atoms with van der Waals surface area (Å²) in [5.74, 6) is -0.00328. The van der Waals surface area contributed by atoms with Crippen LogP contribution in [0.1, 0.15) is 41.5 Å². The minimum atomic E-state index is -0.0810. The molecule has 4 nitrogen and oxygen atoms in total. The molecule has 0 bridgehead atoms. The predicted octanol–water partition coefficient (Wildman–Crippen LogP) is 6.48. The van der Waals surface area contributed by atoms with Gasteiger partial charge in [0.15, 0.2) is 12.1 Å². The summed E-state index contributed by atoms with van der Waals surface area (Å²) >= 11 is 5.50. The van der Waals surface area contributed by atoms with Crippen LogP contribution in [0.5, 0.6) is 5.75 Å². The van der Waals surface area contributed by atoms with Crippen molar-refractivity contribution in [1.82, 2.24) is 0 Å². The van der Waals surface area contributed by atoms with E-state index in [1.54, 1.807) is 13.0 Å². The van der Waals surface area contributed by atoms with Gasteiger partial charge in [-0.15, -0.1) is 0 Å². The minimum Gasteiger partial charge on any atom is -0.507 e. The molecule has 0 radical (unpaired) electrons. The number of rotatable bonds is 4. The largest absolute Gasteiger partial charge is 0.507 e. The molecule has 0 spiro atoms. The van der Waals surface area contributed by atoms with Crippen molar-refractivity contribution in [2.24, 2.45) is 0 Å². The standard InChI is InChI=1S/C15H15NO.C7H5ClO2.C2H6/c1-11(17)14-9-8-13(10-15(14)16-2)12-6-4-3-5-7-12;8-6-2-1-5(4-9)7(10)3-6;1-2/h3-10,16H,1-2H3;1-4,10H;1-2H3. The number of carbonyl (C=O) groups is 2. The molecule has 3 aromatic rings. The highest BCUT2D eigenvalue weighted by molar-refractivity contribution is 6.30. The lowest BCUT2D eigenvalue weighted by Gasteiger charge is -2.09. The third-order valence-electron chi connectivity index (χ3n) is 3.89. The van der Waals surface area contributed by atoms with Crippen LogP contribution in [0, 0.1) is 0 Å². The van der Waals surface area contributed by atoms with E-state index in [9.17, 15) is 9.59 Å². The molecule has 29 heavy (non-hydrogen) atoms. The summed E-state index contributed by atoms with van der Waals surface area (Å²) in [7, 11) is 1.83. The fourth-order valence-electron chi connectivity index (χ4n) is 2.48. The van der Waals surface area contributed by atoms with Gasteiger partial charge >= 0.3 is 0 Å². The summed E-state index contributed by atoms with van der Waals surface area (Å²) in [5, 5.41) is 12.5. The van der Waals surface area contributed by atoms with Gasteiger partial charge in [0.2, 0.25) is 0 Å². The maximum absolute atomic E-state index is 11.4. The van der Waals surface area contributed by atoms with Crippen molar-refractivity contribution in [3.05, 3.63) is 82.9 Å². The Morgan fingerprint density at radius 3 is 2.14 bits per heavy atom. The van der Waals surface area contributed by atoms with Crippen molar-refractivity contribution < 1.29 is 14.7 Å². The molecule has 0 aromatic heterocycles. The van der Waals surface area contributed by atoms with Gasteiger partial charge in [0.1, 0.15) is 5.75 Å². The quantitative estimate of drug-likeness (QED) is 0.380. The average Bonchev–Trinajstić information content (AvgIpc) is 2.76. The fourth-order valence-corrected chi connectivity index (χ4v) is 2.65. The third-order valence-corrected chi connectivity index (χ3v) is 4.13. The van der Waals surface area contributed by atoms with E-state index in [0.29, 0.717) is 11.3 Å². The first-order valence-corrected chi connectivity index (χ1v) is 9.66. The molecule has 0 aliphatic carbocycles. The number of ketones is 1. The maximum atomic E-state index is 11.4. The Balaban J connectivity index is 0.000000299. The highest BCUT2D eigenvalue weighted by Gasteiger charge is 2.07. The summed E-state index contributed by atoms with van der Waals surface area (Å²) < 4.78 is 0. The van der Waals surface area contributed by atoms with Crippen LogP contribution in [-0.2, 0) is 0 Å². The van der Waals surface area contributed by atoms with Gasteiger partial charge in [-0.05, 0) is 48.4 Å². The van der Waals surface area contributed by atoms with Crippen LogP contribution in [0.15, 0.2) is 66.7 Å². The van der Waals surface area contributed by atoms with E-state index in [1.807, 2.05) is 57.3 Å². The van der Waals surface area contributed by atoms with Gasteiger partial charge in [0, 0.05) is 23.3 Å². The molecular weight excluding hydrogens is 386 g/mol. The lowest BCUT2D eigenvalue weighted by atomic mass is 10.0. The molecule has 0 saturated carbocycles. The predicted molar refractivity (Wildman–Crippen MR) is 121 cm³/mol. The van der Waals surface area contributed by atoms with E-state index in [2.05, 4.69) is 17.4 Å². The first kappa shape index (κ1) is 23.9. The number of phenols is 1. The van der Waals surface area contributed by atoms with Gasteiger partial charge in [0.05, 0.1) is 5.56 Å². The van der Waals surface area contributed by atoms with Gasteiger partial charge in [-0.25, -0.2) is 0 Å². The van der Waals surface area contributed by atoms with Gasteiger partial charge in [-0.3, -0.25) is 9.59 Å². The van der Waals surface area contributed by atoms with Gasteiger partial charge in [-0.2, -0.15) is 0 Å². The number of carbonyl (C=O) groups excluding carboxylic acids is 2. The molecule has 152 valence electrons. The summed E-state index contributed by atoms with van der Waals surface area (Å²) in [6, 6.07) is 20.3. The van der Waals surface area contributed by atoms with Crippen LogP contribution in [0.4, 0.5) is 5.69 Å². The smallest absolute Gasteiger partial charge is 0.161 e. The molecule has 0 fully saturated rings. The SMILES string of the molecule is CC.CNc1cc(-c2ccccc2)ccc1C(C)=O.O=Cc1ccc(Cl)cc1O. The molecule has 3 aromatic carbocycles. The normalized spacial score (nSPS) is 9.28. The zero-order valence-corrected chi connectivity index (χ0v) is 17.8. The maximum Gasteiger partial charge on any atom is 0.161 e. The summed E-state index contributed by atoms with van der Waals surface area (Å²) in [6.45, 7) is 5.58. The van der Waals surface area contributed by atoms with E-state index >= 15 is 0 Å². The zero-order valence-electron chi connectivity index (χ0n) is 17.1. The Bertz CT molecular complexity index is 940. The zero-order chi connectivity index (χ0) is 21.8. The molecule has 0 amide bonds. The van der Waals surface area contributed by atoms with E-state index in [4.69, 9.17) is 16.7 Å². The van der Waals surface area contributed by atoms with Crippen LogP contribution >= 0.6 is 11.6 Å². The molecule has 2 N–H and O–H groups in total. The Kier molecular flexibility index (Phi) is 10.2. The van der Waals surface area contributed by atoms with Crippen molar-refractivity contribution >= 4 is 29.4 Å². The topological polar surface area (TPSA) is 66.4 Å². The molecule has 0 unspecified atom stereocenters. The van der Waals surface area contributed by atoms with Gasteiger partial charge < -0.3 is 10.4 Å². The van der Waals surface area contributed by atoms with Crippen LogP contribution < -0.4 is 5.32 Å². The second-order valence-electron chi connectivity index (χ2n) is 5.75. The first-order valence-electron chi connectivity index (χ1n) is 9.28. The number of phenolic OH excluding ortho intramolecular Hbond substituents is 1. The second kappa shape index (κ2) is 12.4. The average molecular weight is 412 g/mol. The van der Waals surface area contributed by atoms with Crippen LogP contribution in [-0.4, -0.2) is 24.2 Å². The number of anilines is 1. The Morgan fingerprint density at radius 2 is 1.62 bits per heavy atom. The molecule has 5 heteroatoms. The first-order chi connectivity index (χ1) is 14.0. The lowest BCUT2D eigenvalue weighted by Crippen LogP contribution is -2.00. The Morgan fingerprint density at radius 1 is 0.966 bits per heavy atom. The summed E-state index contributed by atoms with van der Waals surface area (Å²) in [4.78, 5) is 21.6. The molecule has 3 rings (SSSR count). The van der Waals surface area contributed by atoms with Crippen LogP contribution in [0.25, 0.3) is 11.1 Å². The molecule has 0 heterocycles. The van der Waals surface area contributed by atoms with Crippen molar-refractivity contribution in [3.63, 3.8) is 0 Å². The van der Waals surface area contributed by atoms with Crippen molar-refractivity contribution in [1.29, 1.82) is 0 Å². The van der Waals surface area contributed by atoms with Gasteiger partial charge in [0.25, 0.3) is 0 Å². The number of nitrogens with one attached hydrogen (secondary N) is 1. The molecule has 0 aliphatic rings. The minimum absolute atomic E-state index is 0.0777. The highest BCUT2D eigenvalue weighted by Crippen LogP contribution is 2.25. The number of aromatic hydroxyl groups is 1. The summed E-state index contributed by atoms with van der Waals surface area (Å²) in [5.41, 5.74) is 4.12. The van der Waals surface area contributed by atoms with Gasteiger partial charge in [-0.1, -0.05) is 61.8 Å². The number of hydrogen-bond acceptors (Lipinski definition) is 4. The molecule has 0 saturated heterocycles. The van der Waals surface area contributed by atoms with Crippen molar-refractivity contribution in [2.45, 2.75) is 20.8 Å². The van der Waals surface area contributed by atoms with Crippen LogP contribution in [0.2, 0.25) is 5.02 Å². The monoisotopic (exact) mass is 411 g/mol. The number of halogens is 1. The lowest BCUT2D eigenvalue weighted by molar-refractivity contribution is 0.101. The Labute approximate surface area is 177 Å². The Hall–Kier alpha value is -3.11. The number of aldehydes is 1. The number of benzene rings is 3. The molecule has 0 aliphatic heterocycles. The van der Waals surface area contributed by atoms with E-state index in [1.165, 1.54) is 12.1 Å². The van der Waals surface area contributed by atoms with E-state index < -0.39 is 0 Å².